The number of benzene rings is 2. The van der Waals surface area contributed by atoms with Crippen molar-refractivity contribution in [3.63, 3.8) is 0 Å². The van der Waals surface area contributed by atoms with Gasteiger partial charge in [0, 0.05) is 16.7 Å². The largest absolute Gasteiger partial charge is 0.478 e. The first-order valence-corrected chi connectivity index (χ1v) is 7.43. The topological polar surface area (TPSA) is 110 Å². The van der Waals surface area contributed by atoms with Gasteiger partial charge in [0.1, 0.15) is 0 Å². The molecule has 1 amide bonds. The summed E-state index contributed by atoms with van der Waals surface area (Å²) < 4.78 is 0. The number of carbonyl (C=O) groups is 2. The summed E-state index contributed by atoms with van der Waals surface area (Å²) in [5.41, 5.74) is 0.249. The van der Waals surface area contributed by atoms with Gasteiger partial charge >= 0.3 is 5.97 Å². The molecule has 0 unspecified atom stereocenters. The minimum atomic E-state index is -1.24. The van der Waals surface area contributed by atoms with E-state index in [1.54, 1.807) is 6.07 Å². The third-order valence-electron chi connectivity index (χ3n) is 3.32. The molecule has 2 aromatic carbocycles. The maximum atomic E-state index is 12.3. The average Bonchev–Trinajstić information content (AvgIpc) is 2.56. The fraction of sp³-hybridized carbons (Fsp3) is 0.0588. The van der Waals surface area contributed by atoms with Crippen LogP contribution in [-0.2, 0) is 4.79 Å². The third-order valence-corrected chi connectivity index (χ3v) is 3.56. The van der Waals surface area contributed by atoms with Crippen LogP contribution in [-0.4, -0.2) is 21.9 Å². The van der Waals surface area contributed by atoms with Gasteiger partial charge in [0.2, 0.25) is 0 Å². The maximum absolute atomic E-state index is 12.3. The molecule has 25 heavy (non-hydrogen) atoms. The number of halogens is 1. The van der Waals surface area contributed by atoms with Gasteiger partial charge in [-0.15, -0.1) is 0 Å². The van der Waals surface area contributed by atoms with E-state index in [4.69, 9.17) is 11.6 Å². The molecule has 7 nitrogen and oxygen atoms in total. The van der Waals surface area contributed by atoms with Gasteiger partial charge in [0.05, 0.1) is 21.7 Å². The molecule has 0 atom stereocenters. The fourth-order valence-electron chi connectivity index (χ4n) is 2.10. The highest BCUT2D eigenvalue weighted by Crippen LogP contribution is 2.23. The molecule has 2 aromatic rings. The molecule has 0 aromatic heterocycles. The Balaban J connectivity index is 2.30. The van der Waals surface area contributed by atoms with Crippen LogP contribution in [0.5, 0.6) is 0 Å². The van der Waals surface area contributed by atoms with Gasteiger partial charge in [-0.3, -0.25) is 14.9 Å². The second-order valence-electron chi connectivity index (χ2n) is 5.09. The Morgan fingerprint density at radius 3 is 2.56 bits per heavy atom. The van der Waals surface area contributed by atoms with Gasteiger partial charge in [-0.2, -0.15) is 0 Å². The van der Waals surface area contributed by atoms with E-state index in [1.807, 2.05) is 0 Å². The van der Waals surface area contributed by atoms with Crippen LogP contribution in [0.4, 0.5) is 11.4 Å². The second kappa shape index (κ2) is 7.59. The summed E-state index contributed by atoms with van der Waals surface area (Å²) in [4.78, 5) is 34.0. The summed E-state index contributed by atoms with van der Waals surface area (Å²) in [5.74, 6) is -1.82. The van der Waals surface area contributed by atoms with Crippen molar-refractivity contribution in [3.8, 4) is 0 Å². The van der Waals surface area contributed by atoms with Crippen molar-refractivity contribution in [2.45, 2.75) is 6.92 Å². The molecule has 0 saturated carbocycles. The standard InChI is InChI=1S/C17H13ClN2O5/c1-10(8-11-4-2-3-5-15(11)20(24)25)16(21)19-14-7-6-12(18)9-13(14)17(22)23/h2-9H,1H3,(H,19,21)(H,22,23). The highest BCUT2D eigenvalue weighted by molar-refractivity contribution is 6.31. The number of anilines is 1. The average molecular weight is 361 g/mol. The van der Waals surface area contributed by atoms with Crippen molar-refractivity contribution in [1.82, 2.24) is 0 Å². The lowest BCUT2D eigenvalue weighted by Gasteiger charge is -2.09. The first-order chi connectivity index (χ1) is 11.8. The number of nitro groups is 1. The lowest BCUT2D eigenvalue weighted by molar-refractivity contribution is -0.385. The number of amides is 1. The maximum Gasteiger partial charge on any atom is 0.337 e. The summed E-state index contributed by atoms with van der Waals surface area (Å²) in [7, 11) is 0. The number of carboxylic acid groups (broad SMARTS) is 1. The van der Waals surface area contributed by atoms with Crippen molar-refractivity contribution < 1.29 is 19.6 Å². The molecule has 2 rings (SSSR count). The molecule has 0 radical (unpaired) electrons. The van der Waals surface area contributed by atoms with Crippen molar-refractivity contribution in [3.05, 3.63) is 74.3 Å². The highest BCUT2D eigenvalue weighted by Gasteiger charge is 2.16. The molecule has 8 heteroatoms. The minimum absolute atomic E-state index is 0.0808. The van der Waals surface area contributed by atoms with E-state index in [0.717, 1.165) is 0 Å². The Morgan fingerprint density at radius 2 is 1.92 bits per heavy atom. The summed E-state index contributed by atoms with van der Waals surface area (Å²) in [5, 5.41) is 22.9. The van der Waals surface area contributed by atoms with E-state index in [9.17, 15) is 24.8 Å². The van der Waals surface area contributed by atoms with E-state index in [-0.39, 0.29) is 33.1 Å². The monoisotopic (exact) mass is 360 g/mol. The molecule has 0 aliphatic carbocycles. The fourth-order valence-corrected chi connectivity index (χ4v) is 2.27. The third kappa shape index (κ3) is 4.42. The Labute approximate surface area is 147 Å². The molecule has 128 valence electrons. The predicted molar refractivity (Wildman–Crippen MR) is 93.8 cm³/mol. The molecule has 0 aliphatic rings. The van der Waals surface area contributed by atoms with Crippen molar-refractivity contribution in [1.29, 1.82) is 0 Å². The predicted octanol–water partition coefficient (Wildman–Crippen LogP) is 3.99. The van der Waals surface area contributed by atoms with Crippen molar-refractivity contribution in [2.24, 2.45) is 0 Å². The molecule has 0 spiro atoms. The molecular formula is C17H13ClN2O5. The molecular weight excluding hydrogens is 348 g/mol. The molecule has 0 bridgehead atoms. The van der Waals surface area contributed by atoms with Crippen LogP contribution in [0.25, 0.3) is 6.08 Å². The van der Waals surface area contributed by atoms with Crippen molar-refractivity contribution >= 4 is 40.9 Å². The molecule has 0 aliphatic heterocycles. The number of nitrogens with one attached hydrogen (secondary N) is 1. The zero-order valence-corrected chi connectivity index (χ0v) is 13.8. The minimum Gasteiger partial charge on any atom is -0.478 e. The van der Waals surface area contributed by atoms with Crippen LogP contribution in [0, 0.1) is 10.1 Å². The SMILES string of the molecule is CC(=Cc1ccccc1[N+](=O)[O-])C(=O)Nc1ccc(Cl)cc1C(=O)O. The summed E-state index contributed by atoms with van der Waals surface area (Å²) in [6.07, 6.45) is 1.36. The normalized spacial score (nSPS) is 11.0. The molecule has 2 N–H and O–H groups in total. The van der Waals surface area contributed by atoms with Crippen LogP contribution in [0.2, 0.25) is 5.02 Å². The highest BCUT2D eigenvalue weighted by atomic mass is 35.5. The summed E-state index contributed by atoms with van der Waals surface area (Å²) in [6.45, 7) is 1.47. The Morgan fingerprint density at radius 1 is 1.24 bits per heavy atom. The van der Waals surface area contributed by atoms with E-state index < -0.39 is 16.8 Å². The molecule has 0 heterocycles. The van der Waals surface area contributed by atoms with Crippen LogP contribution < -0.4 is 5.32 Å². The van der Waals surface area contributed by atoms with Crippen LogP contribution in [0.15, 0.2) is 48.0 Å². The van der Waals surface area contributed by atoms with Gasteiger partial charge in [0.15, 0.2) is 0 Å². The number of rotatable bonds is 5. The van der Waals surface area contributed by atoms with Gasteiger partial charge in [-0.05, 0) is 37.3 Å². The number of hydrogen-bond donors (Lipinski definition) is 2. The number of nitrogens with zero attached hydrogens (tertiary/aromatic N) is 1. The zero-order chi connectivity index (χ0) is 18.6. The molecule has 0 fully saturated rings. The van der Waals surface area contributed by atoms with Gasteiger partial charge in [-0.1, -0.05) is 23.7 Å². The first kappa shape index (κ1) is 18.2. The number of aromatic carboxylic acids is 1. The van der Waals surface area contributed by atoms with E-state index in [1.165, 1.54) is 49.4 Å². The number of hydrogen-bond acceptors (Lipinski definition) is 4. The van der Waals surface area contributed by atoms with Gasteiger partial charge < -0.3 is 10.4 Å². The van der Waals surface area contributed by atoms with Gasteiger partial charge in [0.25, 0.3) is 11.6 Å². The lowest BCUT2D eigenvalue weighted by atomic mass is 10.1. The van der Waals surface area contributed by atoms with E-state index >= 15 is 0 Å². The molecule has 0 saturated heterocycles. The number of carboxylic acids is 1. The van der Waals surface area contributed by atoms with Crippen LogP contribution in [0.1, 0.15) is 22.8 Å². The quantitative estimate of drug-likeness (QED) is 0.476. The zero-order valence-electron chi connectivity index (χ0n) is 13.0. The van der Waals surface area contributed by atoms with E-state index in [2.05, 4.69) is 5.32 Å². The first-order valence-electron chi connectivity index (χ1n) is 7.05. The smallest absolute Gasteiger partial charge is 0.337 e. The Kier molecular flexibility index (Phi) is 5.51. The van der Waals surface area contributed by atoms with Crippen molar-refractivity contribution in [2.75, 3.05) is 5.32 Å². The number of carbonyl (C=O) groups excluding carboxylic acids is 1. The van der Waals surface area contributed by atoms with E-state index in [0.29, 0.717) is 0 Å². The Bertz CT molecular complexity index is 892. The van der Waals surface area contributed by atoms with Crippen LogP contribution >= 0.6 is 11.6 Å². The number of nitro benzene ring substituents is 1. The Hall–Kier alpha value is -3.19. The van der Waals surface area contributed by atoms with Gasteiger partial charge in [-0.25, -0.2) is 4.79 Å². The number of para-hydroxylation sites is 1. The summed E-state index contributed by atoms with van der Waals surface area (Å²) in [6, 6.07) is 10.0. The lowest BCUT2D eigenvalue weighted by Crippen LogP contribution is -2.15. The second-order valence-corrected chi connectivity index (χ2v) is 5.53. The summed E-state index contributed by atoms with van der Waals surface area (Å²) >= 11 is 5.76. The van der Waals surface area contributed by atoms with Crippen LogP contribution in [0.3, 0.4) is 0 Å².